The average molecular weight is 415 g/mol. The van der Waals surface area contributed by atoms with E-state index >= 15 is 0 Å². The fourth-order valence-electron chi connectivity index (χ4n) is 4.31. The van der Waals surface area contributed by atoms with Crippen molar-refractivity contribution in [2.75, 3.05) is 19.6 Å². The van der Waals surface area contributed by atoms with E-state index in [-0.39, 0.29) is 18.0 Å². The Balaban J connectivity index is 1.33. The Kier molecular flexibility index (Phi) is 4.99. The zero-order chi connectivity index (χ0) is 19.8. The zero-order valence-electron chi connectivity index (χ0n) is 15.9. The van der Waals surface area contributed by atoms with E-state index in [1.807, 2.05) is 24.3 Å². The Morgan fingerprint density at radius 2 is 1.97 bits per heavy atom. The monoisotopic (exact) mass is 414 g/mol. The van der Waals surface area contributed by atoms with Crippen LogP contribution in [0.5, 0.6) is 0 Å². The number of piperidine rings is 1. The van der Waals surface area contributed by atoms with Gasteiger partial charge >= 0.3 is 0 Å². The molecule has 29 heavy (non-hydrogen) atoms. The maximum Gasteiger partial charge on any atom is 0.247 e. The summed E-state index contributed by atoms with van der Waals surface area (Å²) in [5.74, 6) is 1.31. The number of carbonyl (C=O) groups excluding carboxylic acids is 1. The number of nitrogens with one attached hydrogen (secondary N) is 3. The smallest absolute Gasteiger partial charge is 0.247 e. The first-order valence-electron chi connectivity index (χ1n) is 9.99. The summed E-state index contributed by atoms with van der Waals surface area (Å²) in [6, 6.07) is 7.59. The third kappa shape index (κ3) is 3.75. The minimum atomic E-state index is -0.221. The molecule has 2 aromatic rings. The zero-order valence-corrected chi connectivity index (χ0v) is 16.7. The highest BCUT2D eigenvalue weighted by molar-refractivity contribution is 6.30. The van der Waals surface area contributed by atoms with E-state index in [0.29, 0.717) is 35.7 Å². The molecule has 0 aliphatic carbocycles. The molecular formula is C20H23ClN6O2. The van der Waals surface area contributed by atoms with E-state index in [1.165, 1.54) is 0 Å². The van der Waals surface area contributed by atoms with Crippen LogP contribution in [0.3, 0.4) is 0 Å². The second-order valence-electron chi connectivity index (χ2n) is 7.72. The number of amides is 1. The van der Waals surface area contributed by atoms with Crippen LogP contribution < -0.4 is 16.1 Å². The predicted molar refractivity (Wildman–Crippen MR) is 107 cm³/mol. The van der Waals surface area contributed by atoms with Gasteiger partial charge in [-0.15, -0.1) is 10.2 Å². The quantitative estimate of drug-likeness (QED) is 0.698. The second kappa shape index (κ2) is 7.78. The number of fused-ring (bicyclic) bond motifs is 1. The fraction of sp³-hybridized carbons (Fsp3) is 0.450. The first kappa shape index (κ1) is 18.6. The molecule has 1 aromatic heterocycles. The number of rotatable bonds is 4. The molecule has 0 spiro atoms. The summed E-state index contributed by atoms with van der Waals surface area (Å²) in [6.07, 6.45) is 4.11. The standard InChI is InChI=1S/C20H23ClN6O2/c21-14-3-1-12(2-4-14)9-18-25-26-20(29-18)15-11-23-27-16(10-17(28)24-19(15)27)13-5-7-22-8-6-13/h1-4,10,13,15,19,22-23H,5-9,11H2,(H,24,28). The van der Waals surface area contributed by atoms with Gasteiger partial charge in [0.1, 0.15) is 6.17 Å². The van der Waals surface area contributed by atoms with Gasteiger partial charge in [-0.1, -0.05) is 23.7 Å². The summed E-state index contributed by atoms with van der Waals surface area (Å²) in [6.45, 7) is 2.59. The Morgan fingerprint density at radius 1 is 1.17 bits per heavy atom. The van der Waals surface area contributed by atoms with E-state index in [2.05, 4.69) is 31.3 Å². The number of hydrazine groups is 1. The summed E-state index contributed by atoms with van der Waals surface area (Å²) in [5.41, 5.74) is 5.54. The molecule has 2 atom stereocenters. The number of benzene rings is 1. The molecule has 1 aromatic carbocycles. The van der Waals surface area contributed by atoms with Gasteiger partial charge in [-0.3, -0.25) is 9.80 Å². The topological polar surface area (TPSA) is 95.3 Å². The number of allylic oxidation sites excluding steroid dienone is 1. The Morgan fingerprint density at radius 3 is 2.76 bits per heavy atom. The molecule has 0 bridgehead atoms. The van der Waals surface area contributed by atoms with Crippen molar-refractivity contribution in [2.45, 2.75) is 31.3 Å². The second-order valence-corrected chi connectivity index (χ2v) is 8.16. The minimum absolute atomic E-state index is 0.0608. The van der Waals surface area contributed by atoms with Crippen molar-refractivity contribution in [1.82, 2.24) is 31.3 Å². The lowest BCUT2D eigenvalue weighted by Gasteiger charge is -2.38. The van der Waals surface area contributed by atoms with Crippen molar-refractivity contribution < 1.29 is 9.21 Å². The van der Waals surface area contributed by atoms with E-state index in [0.717, 1.165) is 37.2 Å². The summed E-state index contributed by atoms with van der Waals surface area (Å²) < 4.78 is 5.96. The van der Waals surface area contributed by atoms with Crippen molar-refractivity contribution in [2.24, 2.45) is 5.92 Å². The molecule has 3 N–H and O–H groups in total. The number of hydrogen-bond acceptors (Lipinski definition) is 7. The SMILES string of the molecule is O=C1C=C(C2CCNCC2)N2NCC(c3nnc(Cc4ccc(Cl)cc4)o3)C2N1. The first-order valence-corrected chi connectivity index (χ1v) is 10.4. The van der Waals surface area contributed by atoms with Crippen LogP contribution in [-0.4, -0.2) is 46.9 Å². The lowest BCUT2D eigenvalue weighted by Crippen LogP contribution is -2.53. The highest BCUT2D eigenvalue weighted by Gasteiger charge is 2.44. The van der Waals surface area contributed by atoms with Gasteiger partial charge in [0.05, 0.1) is 12.3 Å². The number of carbonyl (C=O) groups is 1. The molecule has 2 fully saturated rings. The average Bonchev–Trinajstić information content (AvgIpc) is 3.36. The van der Waals surface area contributed by atoms with E-state index < -0.39 is 0 Å². The molecule has 8 nitrogen and oxygen atoms in total. The van der Waals surface area contributed by atoms with E-state index in [1.54, 1.807) is 6.08 Å². The molecule has 3 aliphatic rings. The van der Waals surface area contributed by atoms with E-state index in [4.69, 9.17) is 16.0 Å². The molecule has 0 radical (unpaired) electrons. The van der Waals surface area contributed by atoms with Gasteiger partial charge in [0.2, 0.25) is 17.7 Å². The molecule has 1 amide bonds. The normalized spacial score (nSPS) is 24.9. The van der Waals surface area contributed by atoms with Crippen LogP contribution in [0, 0.1) is 5.92 Å². The van der Waals surface area contributed by atoms with Gasteiger partial charge in [-0.2, -0.15) is 0 Å². The van der Waals surface area contributed by atoms with Crippen LogP contribution in [0.15, 0.2) is 40.5 Å². The van der Waals surface area contributed by atoms with Crippen molar-refractivity contribution in [3.05, 3.63) is 58.4 Å². The number of halogens is 1. The molecule has 152 valence electrons. The van der Waals surface area contributed by atoms with Gasteiger partial charge in [0, 0.05) is 29.3 Å². The summed E-state index contributed by atoms with van der Waals surface area (Å²) >= 11 is 5.94. The number of hydrogen-bond donors (Lipinski definition) is 3. The Labute approximate surface area is 173 Å². The maximum absolute atomic E-state index is 12.4. The van der Waals surface area contributed by atoms with Crippen LogP contribution in [0.4, 0.5) is 0 Å². The Bertz CT molecular complexity index is 921. The van der Waals surface area contributed by atoms with Crippen LogP contribution >= 0.6 is 11.6 Å². The molecule has 2 unspecified atom stereocenters. The Hall–Kier alpha value is -2.42. The highest BCUT2D eigenvalue weighted by Crippen LogP contribution is 2.34. The molecule has 9 heteroatoms. The third-order valence-electron chi connectivity index (χ3n) is 5.81. The molecule has 2 saturated heterocycles. The minimum Gasteiger partial charge on any atom is -0.424 e. The fourth-order valence-corrected chi connectivity index (χ4v) is 4.44. The van der Waals surface area contributed by atoms with E-state index in [9.17, 15) is 4.79 Å². The van der Waals surface area contributed by atoms with Gasteiger partial charge < -0.3 is 15.1 Å². The van der Waals surface area contributed by atoms with Crippen molar-refractivity contribution in [3.8, 4) is 0 Å². The molecule has 3 aliphatic heterocycles. The number of nitrogens with zero attached hydrogens (tertiary/aromatic N) is 3. The van der Waals surface area contributed by atoms with Gasteiger partial charge in [-0.25, -0.2) is 5.43 Å². The van der Waals surface area contributed by atoms with Crippen molar-refractivity contribution in [1.29, 1.82) is 0 Å². The predicted octanol–water partition coefficient (Wildman–Crippen LogP) is 1.56. The lowest BCUT2D eigenvalue weighted by molar-refractivity contribution is -0.119. The first-order chi connectivity index (χ1) is 14.2. The third-order valence-corrected chi connectivity index (χ3v) is 6.07. The highest BCUT2D eigenvalue weighted by atomic mass is 35.5. The molecule has 0 saturated carbocycles. The van der Waals surface area contributed by atoms with Gasteiger partial charge in [-0.05, 0) is 43.6 Å². The van der Waals surface area contributed by atoms with Crippen LogP contribution in [0.2, 0.25) is 5.02 Å². The van der Waals surface area contributed by atoms with Crippen LogP contribution in [-0.2, 0) is 11.2 Å². The molecule has 5 rings (SSSR count). The summed E-state index contributed by atoms with van der Waals surface area (Å²) in [4.78, 5) is 12.4. The van der Waals surface area contributed by atoms with Crippen molar-refractivity contribution in [3.63, 3.8) is 0 Å². The summed E-state index contributed by atoms with van der Waals surface area (Å²) in [5, 5.41) is 17.7. The van der Waals surface area contributed by atoms with Crippen LogP contribution in [0.1, 0.15) is 36.1 Å². The maximum atomic E-state index is 12.4. The molecule has 4 heterocycles. The van der Waals surface area contributed by atoms with Crippen molar-refractivity contribution >= 4 is 17.5 Å². The molecular weight excluding hydrogens is 392 g/mol. The summed E-state index contributed by atoms with van der Waals surface area (Å²) in [7, 11) is 0. The van der Waals surface area contributed by atoms with Gasteiger partial charge in [0.15, 0.2) is 0 Å². The largest absolute Gasteiger partial charge is 0.424 e. The van der Waals surface area contributed by atoms with Crippen LogP contribution in [0.25, 0.3) is 0 Å². The van der Waals surface area contributed by atoms with Gasteiger partial charge in [0.25, 0.3) is 0 Å². The lowest BCUT2D eigenvalue weighted by atomic mass is 9.92. The number of aromatic nitrogens is 2.